The van der Waals surface area contributed by atoms with E-state index in [4.69, 9.17) is 5.73 Å². The van der Waals surface area contributed by atoms with Gasteiger partial charge in [-0.1, -0.05) is 51.1 Å². The first kappa shape index (κ1) is 15.3. The van der Waals surface area contributed by atoms with E-state index in [-0.39, 0.29) is 23.8 Å². The van der Waals surface area contributed by atoms with Gasteiger partial charge in [0.25, 0.3) is 0 Å². The summed E-state index contributed by atoms with van der Waals surface area (Å²) < 4.78 is 0. The van der Waals surface area contributed by atoms with Crippen LogP contribution in [0.3, 0.4) is 0 Å². The maximum atomic E-state index is 12.0. The Labute approximate surface area is 124 Å². The molecule has 0 bridgehead atoms. The molecular weight excluding hydrogens is 264 g/mol. The number of amides is 1. The number of nitrogens with one attached hydrogen (secondary N) is 2. The second-order valence-corrected chi connectivity index (χ2v) is 6.19. The van der Waals surface area contributed by atoms with Crippen LogP contribution in [-0.2, 0) is 10.2 Å². The molecule has 0 aliphatic carbocycles. The fraction of sp³-hybridized carbons (Fsp3) is 0.375. The molecule has 5 nitrogen and oxygen atoms in total. The number of benzene rings is 1. The lowest BCUT2D eigenvalue weighted by atomic mass is 9.92. The Morgan fingerprint density at radius 1 is 1.33 bits per heavy atom. The molecule has 0 saturated carbocycles. The van der Waals surface area contributed by atoms with Crippen LogP contribution in [0, 0.1) is 0 Å². The summed E-state index contributed by atoms with van der Waals surface area (Å²) in [6.07, 6.45) is 0.224. The molecule has 1 atom stereocenters. The van der Waals surface area contributed by atoms with Crippen LogP contribution in [-0.4, -0.2) is 16.1 Å². The molecule has 0 spiro atoms. The Balaban J connectivity index is 1.94. The quantitative estimate of drug-likeness (QED) is 0.808. The topological polar surface area (TPSA) is 83.8 Å². The summed E-state index contributed by atoms with van der Waals surface area (Å²) in [6, 6.07) is 11.1. The lowest BCUT2D eigenvalue weighted by Crippen LogP contribution is -2.20. The van der Waals surface area contributed by atoms with Crippen molar-refractivity contribution in [2.45, 2.75) is 38.6 Å². The van der Waals surface area contributed by atoms with Crippen molar-refractivity contribution in [1.82, 2.24) is 10.2 Å². The summed E-state index contributed by atoms with van der Waals surface area (Å²) in [4.78, 5) is 12.0. The summed E-state index contributed by atoms with van der Waals surface area (Å²) >= 11 is 0. The van der Waals surface area contributed by atoms with Crippen molar-refractivity contribution in [2.75, 3.05) is 5.32 Å². The first-order valence-corrected chi connectivity index (χ1v) is 7.02. The van der Waals surface area contributed by atoms with Crippen molar-refractivity contribution in [1.29, 1.82) is 0 Å². The first-order chi connectivity index (χ1) is 9.86. The van der Waals surface area contributed by atoms with Gasteiger partial charge < -0.3 is 11.1 Å². The molecule has 21 heavy (non-hydrogen) atoms. The van der Waals surface area contributed by atoms with Crippen LogP contribution in [0.5, 0.6) is 0 Å². The number of aromatic nitrogens is 2. The molecule has 112 valence electrons. The van der Waals surface area contributed by atoms with Crippen molar-refractivity contribution in [3.8, 4) is 0 Å². The minimum atomic E-state index is -0.313. The highest BCUT2D eigenvalue weighted by Gasteiger charge is 2.18. The highest BCUT2D eigenvalue weighted by atomic mass is 16.1. The number of carbonyl (C=O) groups excluding carboxylic acids is 1. The van der Waals surface area contributed by atoms with Gasteiger partial charge in [0.1, 0.15) is 0 Å². The Morgan fingerprint density at radius 2 is 2.00 bits per heavy atom. The molecular formula is C16H22N4O. The van der Waals surface area contributed by atoms with Crippen molar-refractivity contribution in [3.63, 3.8) is 0 Å². The van der Waals surface area contributed by atoms with Gasteiger partial charge in [0, 0.05) is 29.6 Å². The lowest BCUT2D eigenvalue weighted by molar-refractivity contribution is -0.116. The zero-order chi connectivity index (χ0) is 15.5. The second-order valence-electron chi connectivity index (χ2n) is 6.19. The molecule has 1 unspecified atom stereocenters. The zero-order valence-electron chi connectivity index (χ0n) is 12.7. The van der Waals surface area contributed by atoms with Crippen LogP contribution in [0.4, 0.5) is 5.82 Å². The minimum absolute atomic E-state index is 0.0313. The largest absolute Gasteiger partial charge is 0.324 e. The molecule has 2 rings (SSSR count). The predicted octanol–water partition coefficient (Wildman–Crippen LogP) is 2.74. The van der Waals surface area contributed by atoms with Gasteiger partial charge >= 0.3 is 0 Å². The van der Waals surface area contributed by atoms with Crippen molar-refractivity contribution >= 4 is 11.7 Å². The Bertz CT molecular complexity index is 598. The fourth-order valence-corrected chi connectivity index (χ4v) is 1.98. The monoisotopic (exact) mass is 286 g/mol. The second kappa shape index (κ2) is 6.10. The minimum Gasteiger partial charge on any atom is -0.324 e. The third-order valence-corrected chi connectivity index (χ3v) is 3.29. The van der Waals surface area contributed by atoms with Crippen LogP contribution in [0.25, 0.3) is 0 Å². The fourth-order valence-electron chi connectivity index (χ4n) is 1.98. The van der Waals surface area contributed by atoms with Gasteiger partial charge in [-0.2, -0.15) is 5.10 Å². The summed E-state index contributed by atoms with van der Waals surface area (Å²) in [5.74, 6) is 0.392. The highest BCUT2D eigenvalue weighted by molar-refractivity contribution is 5.90. The number of hydrogen-bond donors (Lipinski definition) is 3. The van der Waals surface area contributed by atoms with Crippen LogP contribution in [0.15, 0.2) is 36.4 Å². The summed E-state index contributed by atoms with van der Waals surface area (Å²) in [5.41, 5.74) is 7.93. The van der Waals surface area contributed by atoms with Crippen LogP contribution >= 0.6 is 0 Å². The van der Waals surface area contributed by atoms with E-state index in [0.717, 1.165) is 11.3 Å². The van der Waals surface area contributed by atoms with Crippen LogP contribution in [0.2, 0.25) is 0 Å². The molecule has 1 aromatic heterocycles. The number of nitrogens with two attached hydrogens (primary N) is 1. The van der Waals surface area contributed by atoms with Gasteiger partial charge in [0.05, 0.1) is 0 Å². The molecule has 2 aromatic rings. The third kappa shape index (κ3) is 4.16. The van der Waals surface area contributed by atoms with Gasteiger partial charge in [-0.25, -0.2) is 0 Å². The standard InChI is InChI=1S/C16H22N4O/c1-16(2,3)13-10-14(20-19-13)18-15(21)9-12(17)11-7-5-4-6-8-11/h4-8,10,12H,9,17H2,1-3H3,(H2,18,19,20,21). The van der Waals surface area contributed by atoms with Gasteiger partial charge in [-0.15, -0.1) is 0 Å². The SMILES string of the molecule is CC(C)(C)c1cc(NC(=O)CC(N)c2ccccc2)n[nH]1. The van der Waals surface area contributed by atoms with Gasteiger partial charge in [0.2, 0.25) is 5.91 Å². The average Bonchev–Trinajstić information content (AvgIpc) is 2.88. The molecule has 1 aromatic carbocycles. The molecule has 1 amide bonds. The molecule has 0 fully saturated rings. The van der Waals surface area contributed by atoms with Gasteiger partial charge in [-0.3, -0.25) is 9.89 Å². The lowest BCUT2D eigenvalue weighted by Gasteiger charge is -2.14. The van der Waals surface area contributed by atoms with Crippen LogP contribution < -0.4 is 11.1 Å². The molecule has 4 N–H and O–H groups in total. The number of carbonyl (C=O) groups is 1. The van der Waals surface area contributed by atoms with Crippen molar-refractivity contribution in [2.24, 2.45) is 5.73 Å². The van der Waals surface area contributed by atoms with E-state index in [1.165, 1.54) is 0 Å². The Hall–Kier alpha value is -2.14. The molecule has 0 radical (unpaired) electrons. The van der Waals surface area contributed by atoms with E-state index in [1.54, 1.807) is 0 Å². The number of rotatable bonds is 4. The maximum Gasteiger partial charge on any atom is 0.227 e. The Morgan fingerprint density at radius 3 is 2.57 bits per heavy atom. The summed E-state index contributed by atoms with van der Waals surface area (Å²) in [7, 11) is 0. The average molecular weight is 286 g/mol. The zero-order valence-corrected chi connectivity index (χ0v) is 12.7. The van der Waals surface area contributed by atoms with Gasteiger partial charge in [0.15, 0.2) is 5.82 Å². The molecule has 0 saturated heterocycles. The summed E-state index contributed by atoms with van der Waals surface area (Å²) in [6.45, 7) is 6.24. The van der Waals surface area contributed by atoms with E-state index in [0.29, 0.717) is 5.82 Å². The van der Waals surface area contributed by atoms with E-state index >= 15 is 0 Å². The molecule has 1 heterocycles. The van der Waals surface area contributed by atoms with E-state index in [1.807, 2.05) is 36.4 Å². The van der Waals surface area contributed by atoms with E-state index in [9.17, 15) is 4.79 Å². The smallest absolute Gasteiger partial charge is 0.227 e. The molecule has 0 aliphatic heterocycles. The van der Waals surface area contributed by atoms with Crippen molar-refractivity contribution in [3.05, 3.63) is 47.7 Å². The third-order valence-electron chi connectivity index (χ3n) is 3.29. The first-order valence-electron chi connectivity index (χ1n) is 7.02. The number of H-pyrrole nitrogens is 1. The molecule has 5 heteroatoms. The predicted molar refractivity (Wildman–Crippen MR) is 83.9 cm³/mol. The number of nitrogens with zero attached hydrogens (tertiary/aromatic N) is 1. The maximum absolute atomic E-state index is 12.0. The van der Waals surface area contributed by atoms with Crippen molar-refractivity contribution < 1.29 is 4.79 Å². The highest BCUT2D eigenvalue weighted by Crippen LogP contribution is 2.22. The normalized spacial score (nSPS) is 13.0. The van der Waals surface area contributed by atoms with Crippen LogP contribution in [0.1, 0.15) is 44.5 Å². The number of anilines is 1. The molecule has 0 aliphatic rings. The summed E-state index contributed by atoms with van der Waals surface area (Å²) in [5, 5.41) is 9.82. The van der Waals surface area contributed by atoms with E-state index < -0.39 is 0 Å². The number of hydrogen-bond acceptors (Lipinski definition) is 3. The number of aromatic amines is 1. The van der Waals surface area contributed by atoms with E-state index in [2.05, 4.69) is 36.3 Å². The Kier molecular flexibility index (Phi) is 4.43. The van der Waals surface area contributed by atoms with Gasteiger partial charge in [-0.05, 0) is 5.56 Å².